The first-order valence-electron chi connectivity index (χ1n) is 8.91. The Labute approximate surface area is 171 Å². The highest BCUT2D eigenvalue weighted by Gasteiger charge is 2.30. The topological polar surface area (TPSA) is 66.4 Å². The number of rotatable bonds is 3. The van der Waals surface area contributed by atoms with Gasteiger partial charge in [-0.15, -0.1) is 11.3 Å². The van der Waals surface area contributed by atoms with Gasteiger partial charge >= 0.3 is 6.03 Å². The molecule has 0 N–H and O–H groups in total. The molecule has 1 aliphatic rings. The van der Waals surface area contributed by atoms with E-state index in [2.05, 4.69) is 9.97 Å². The van der Waals surface area contributed by atoms with Crippen LogP contribution in [0, 0.1) is 13.8 Å². The smallest absolute Gasteiger partial charge is 0.326 e. The second kappa shape index (κ2) is 7.14. The van der Waals surface area contributed by atoms with Crippen LogP contribution in [-0.4, -0.2) is 45.3 Å². The van der Waals surface area contributed by atoms with E-state index in [1.807, 2.05) is 32.0 Å². The molecule has 0 spiro atoms. The van der Waals surface area contributed by atoms with Gasteiger partial charge in [-0.05, 0) is 43.2 Å². The highest BCUT2D eigenvalue weighted by atomic mass is 35.5. The zero-order valence-corrected chi connectivity index (χ0v) is 17.4. The average Bonchev–Trinajstić information content (AvgIpc) is 3.07. The summed E-state index contributed by atoms with van der Waals surface area (Å²) in [6, 6.07) is 5.51. The van der Waals surface area contributed by atoms with Crippen LogP contribution in [0.5, 0.6) is 0 Å². The minimum atomic E-state index is -0.263. The molecule has 3 amide bonds. The molecular weight excluding hydrogens is 396 g/mol. The molecule has 1 aromatic carbocycles. The maximum Gasteiger partial charge on any atom is 0.326 e. The number of thiophene rings is 1. The van der Waals surface area contributed by atoms with Gasteiger partial charge in [0, 0.05) is 35.5 Å². The second-order valence-corrected chi connectivity index (χ2v) is 8.55. The molecular formula is C20H19ClN4O2S. The first-order chi connectivity index (χ1) is 13.3. The summed E-state index contributed by atoms with van der Waals surface area (Å²) in [6.07, 6.45) is 1.88. The van der Waals surface area contributed by atoms with Gasteiger partial charge in [0.2, 0.25) is 5.91 Å². The predicted octanol–water partition coefficient (Wildman–Crippen LogP) is 4.41. The quantitative estimate of drug-likeness (QED) is 0.636. The third-order valence-corrected chi connectivity index (χ3v) is 6.42. The van der Waals surface area contributed by atoms with Gasteiger partial charge in [0.15, 0.2) is 0 Å². The Balaban J connectivity index is 1.76. The summed E-state index contributed by atoms with van der Waals surface area (Å²) in [6.45, 7) is 4.77. The van der Waals surface area contributed by atoms with E-state index < -0.39 is 0 Å². The number of nitrogens with zero attached hydrogens (tertiary/aromatic N) is 4. The monoisotopic (exact) mass is 414 g/mol. The Morgan fingerprint density at radius 1 is 1.18 bits per heavy atom. The molecule has 28 heavy (non-hydrogen) atoms. The van der Waals surface area contributed by atoms with Crippen LogP contribution in [0.25, 0.3) is 21.5 Å². The van der Waals surface area contributed by atoms with Gasteiger partial charge in [-0.3, -0.25) is 9.69 Å². The van der Waals surface area contributed by atoms with Crippen LogP contribution in [0.4, 0.5) is 4.79 Å². The van der Waals surface area contributed by atoms with Crippen LogP contribution in [0.2, 0.25) is 5.02 Å². The van der Waals surface area contributed by atoms with Crippen molar-refractivity contribution >= 4 is 45.1 Å². The highest BCUT2D eigenvalue weighted by molar-refractivity contribution is 7.19. The van der Waals surface area contributed by atoms with E-state index in [1.165, 1.54) is 22.6 Å². The maximum atomic E-state index is 12.4. The van der Waals surface area contributed by atoms with E-state index in [1.54, 1.807) is 11.9 Å². The summed E-state index contributed by atoms with van der Waals surface area (Å²) in [5.41, 5.74) is 4.79. The standard InChI is InChI=1S/C20H19ClN4O2S/c1-11-6-13(21)7-15(12(11)2)18-19-16(22-10-23-18)8-14(28-19)9-25-17(26)4-5-24(3)20(25)27/h6-8,10H,4-5,9H2,1-3H3. The zero-order chi connectivity index (χ0) is 20.0. The van der Waals surface area contributed by atoms with Crippen LogP contribution in [0.1, 0.15) is 22.4 Å². The van der Waals surface area contributed by atoms with E-state index in [4.69, 9.17) is 11.6 Å². The van der Waals surface area contributed by atoms with E-state index >= 15 is 0 Å². The molecule has 4 rings (SSSR count). The number of urea groups is 1. The summed E-state index contributed by atoms with van der Waals surface area (Å²) in [7, 11) is 1.71. The van der Waals surface area contributed by atoms with Crippen LogP contribution in [0.15, 0.2) is 24.5 Å². The first-order valence-corrected chi connectivity index (χ1v) is 10.1. The normalized spacial score (nSPS) is 15.0. The number of imide groups is 1. The molecule has 3 aromatic rings. The molecule has 8 heteroatoms. The average molecular weight is 415 g/mol. The molecule has 144 valence electrons. The van der Waals surface area contributed by atoms with Crippen molar-refractivity contribution in [1.82, 2.24) is 19.8 Å². The summed E-state index contributed by atoms with van der Waals surface area (Å²) in [4.78, 5) is 37.2. The molecule has 0 atom stereocenters. The Kier molecular flexibility index (Phi) is 4.81. The van der Waals surface area contributed by atoms with Crippen molar-refractivity contribution in [3.8, 4) is 11.3 Å². The summed E-state index contributed by atoms with van der Waals surface area (Å²) < 4.78 is 0.924. The molecule has 1 aliphatic heterocycles. The SMILES string of the molecule is Cc1cc(Cl)cc(-c2ncnc3cc(CN4C(=O)CCN(C)C4=O)sc23)c1C. The molecule has 0 aliphatic carbocycles. The fraction of sp³-hybridized carbons (Fsp3) is 0.300. The van der Waals surface area contributed by atoms with Crippen molar-refractivity contribution in [1.29, 1.82) is 0 Å². The van der Waals surface area contributed by atoms with Crippen LogP contribution < -0.4 is 0 Å². The number of hydrogen-bond acceptors (Lipinski definition) is 5. The first kappa shape index (κ1) is 18.8. The third kappa shape index (κ3) is 3.25. The van der Waals surface area contributed by atoms with E-state index in [0.717, 1.165) is 37.5 Å². The van der Waals surface area contributed by atoms with Crippen molar-refractivity contribution in [3.63, 3.8) is 0 Å². The zero-order valence-electron chi connectivity index (χ0n) is 15.8. The number of aromatic nitrogens is 2. The van der Waals surface area contributed by atoms with Gasteiger partial charge < -0.3 is 4.90 Å². The largest absolute Gasteiger partial charge is 0.327 e. The number of halogens is 1. The number of aryl methyl sites for hydroxylation is 1. The predicted molar refractivity (Wildman–Crippen MR) is 111 cm³/mol. The molecule has 1 saturated heterocycles. The Morgan fingerprint density at radius 3 is 2.75 bits per heavy atom. The number of benzene rings is 1. The molecule has 0 bridgehead atoms. The highest BCUT2D eigenvalue weighted by Crippen LogP contribution is 2.36. The lowest BCUT2D eigenvalue weighted by atomic mass is 10.0. The van der Waals surface area contributed by atoms with Gasteiger partial charge in [0.05, 0.1) is 22.5 Å². The maximum absolute atomic E-state index is 12.4. The molecule has 0 unspecified atom stereocenters. The van der Waals surface area contributed by atoms with Crippen LogP contribution in [-0.2, 0) is 11.3 Å². The van der Waals surface area contributed by atoms with Gasteiger partial charge in [0.1, 0.15) is 6.33 Å². The summed E-state index contributed by atoms with van der Waals surface area (Å²) in [5.74, 6) is -0.145. The van der Waals surface area contributed by atoms with Crippen LogP contribution >= 0.6 is 22.9 Å². The fourth-order valence-electron chi connectivity index (χ4n) is 3.35. The minimum absolute atomic E-state index is 0.145. The van der Waals surface area contributed by atoms with Crippen molar-refractivity contribution in [2.24, 2.45) is 0 Å². The van der Waals surface area contributed by atoms with E-state index in [9.17, 15) is 9.59 Å². The van der Waals surface area contributed by atoms with Gasteiger partial charge in [0.25, 0.3) is 0 Å². The van der Waals surface area contributed by atoms with Gasteiger partial charge in [-0.1, -0.05) is 11.6 Å². The number of carbonyl (C=O) groups is 2. The minimum Gasteiger partial charge on any atom is -0.327 e. The second-order valence-electron chi connectivity index (χ2n) is 6.98. The van der Waals surface area contributed by atoms with E-state index in [-0.39, 0.29) is 18.5 Å². The fourth-order valence-corrected chi connectivity index (χ4v) is 4.73. The molecule has 1 fully saturated rings. The lowest BCUT2D eigenvalue weighted by Gasteiger charge is -2.31. The van der Waals surface area contributed by atoms with Crippen molar-refractivity contribution in [2.45, 2.75) is 26.8 Å². The van der Waals surface area contributed by atoms with Crippen molar-refractivity contribution < 1.29 is 9.59 Å². The third-order valence-electron chi connectivity index (χ3n) is 5.08. The van der Waals surface area contributed by atoms with Crippen molar-refractivity contribution in [3.05, 3.63) is 45.6 Å². The van der Waals surface area contributed by atoms with Crippen LogP contribution in [0.3, 0.4) is 0 Å². The Bertz CT molecular complexity index is 1110. The molecule has 0 radical (unpaired) electrons. The molecule has 0 saturated carbocycles. The lowest BCUT2D eigenvalue weighted by molar-refractivity contribution is -0.131. The number of amides is 3. The Morgan fingerprint density at radius 2 is 1.96 bits per heavy atom. The molecule has 6 nitrogen and oxygen atoms in total. The Hall–Kier alpha value is -2.51. The van der Waals surface area contributed by atoms with Gasteiger partial charge in [-0.2, -0.15) is 0 Å². The summed E-state index contributed by atoms with van der Waals surface area (Å²) >= 11 is 7.78. The number of hydrogen-bond donors (Lipinski definition) is 0. The lowest BCUT2D eigenvalue weighted by Crippen LogP contribution is -2.49. The van der Waals surface area contributed by atoms with Crippen molar-refractivity contribution in [2.75, 3.05) is 13.6 Å². The van der Waals surface area contributed by atoms with Gasteiger partial charge in [-0.25, -0.2) is 14.8 Å². The van der Waals surface area contributed by atoms with E-state index in [0.29, 0.717) is 18.0 Å². The molecule has 2 aromatic heterocycles. The molecule has 3 heterocycles. The summed E-state index contributed by atoms with van der Waals surface area (Å²) in [5, 5.41) is 0.661. The number of carbonyl (C=O) groups excluding carboxylic acids is 2. The number of fused-ring (bicyclic) bond motifs is 1.